The zero-order valence-corrected chi connectivity index (χ0v) is 14.4. The third-order valence-corrected chi connectivity index (χ3v) is 4.42. The molecule has 0 saturated carbocycles. The van der Waals surface area contributed by atoms with Gasteiger partial charge in [0.1, 0.15) is 0 Å². The number of carbonyl (C=O) groups excluding carboxylic acids is 2. The molecule has 134 valence electrons. The van der Waals surface area contributed by atoms with Crippen LogP contribution in [0, 0.1) is 13.8 Å². The Kier molecular flexibility index (Phi) is 5.11. The van der Waals surface area contributed by atoms with E-state index in [4.69, 9.17) is 4.52 Å². The number of H-pyrrole nitrogens is 1. The molecule has 9 heteroatoms. The van der Waals surface area contributed by atoms with Gasteiger partial charge in [-0.3, -0.25) is 14.7 Å². The Balaban J connectivity index is 1.47. The summed E-state index contributed by atoms with van der Waals surface area (Å²) in [6, 6.07) is 0. The molecule has 3 heterocycles. The van der Waals surface area contributed by atoms with Crippen LogP contribution in [-0.2, 0) is 22.6 Å². The van der Waals surface area contributed by atoms with Gasteiger partial charge in [0, 0.05) is 31.0 Å². The second kappa shape index (κ2) is 7.45. The molecule has 2 aromatic heterocycles. The third kappa shape index (κ3) is 4.23. The lowest BCUT2D eigenvalue weighted by atomic mass is 9.97. The van der Waals surface area contributed by atoms with Crippen molar-refractivity contribution >= 4 is 11.8 Å². The standard InChI is InChI=1S/C16H22N6O3/c1-9-12(10(2)21-20-9)3-4-13(23)18-8-15-19-16(22-25-15)11-5-6-17-14(24)7-11/h11H,3-8H2,1-2H3,(H,17,24)(H,18,23)(H,20,21). The molecular weight excluding hydrogens is 324 g/mol. The monoisotopic (exact) mass is 346 g/mol. The summed E-state index contributed by atoms with van der Waals surface area (Å²) in [5.74, 6) is 0.778. The number of amides is 2. The molecule has 1 saturated heterocycles. The van der Waals surface area contributed by atoms with E-state index in [0.717, 1.165) is 23.4 Å². The Hall–Kier alpha value is -2.71. The normalized spacial score (nSPS) is 17.4. The molecule has 3 rings (SSSR count). The number of piperidine rings is 1. The highest BCUT2D eigenvalue weighted by Crippen LogP contribution is 2.22. The van der Waals surface area contributed by atoms with Crippen molar-refractivity contribution in [3.05, 3.63) is 28.7 Å². The fraction of sp³-hybridized carbons (Fsp3) is 0.562. The summed E-state index contributed by atoms with van der Waals surface area (Å²) >= 11 is 0. The molecular formula is C16H22N6O3. The van der Waals surface area contributed by atoms with Gasteiger partial charge in [-0.1, -0.05) is 5.16 Å². The van der Waals surface area contributed by atoms with Gasteiger partial charge in [0.25, 0.3) is 0 Å². The Bertz CT molecular complexity index is 746. The van der Waals surface area contributed by atoms with E-state index in [2.05, 4.69) is 31.0 Å². The first-order valence-electron chi connectivity index (χ1n) is 8.39. The molecule has 1 atom stereocenters. The Morgan fingerprint density at radius 1 is 1.40 bits per heavy atom. The Labute approximate surface area is 145 Å². The van der Waals surface area contributed by atoms with Crippen LogP contribution in [0.1, 0.15) is 53.8 Å². The lowest BCUT2D eigenvalue weighted by Crippen LogP contribution is -2.32. The van der Waals surface area contributed by atoms with Gasteiger partial charge in [-0.25, -0.2) is 0 Å². The number of nitrogens with zero attached hydrogens (tertiary/aromatic N) is 3. The first-order valence-corrected chi connectivity index (χ1v) is 8.39. The molecule has 1 aliphatic heterocycles. The third-order valence-electron chi connectivity index (χ3n) is 4.42. The molecule has 1 aliphatic rings. The molecule has 0 radical (unpaired) electrons. The predicted octanol–water partition coefficient (Wildman–Crippen LogP) is 0.652. The quantitative estimate of drug-likeness (QED) is 0.705. The van der Waals surface area contributed by atoms with Gasteiger partial charge < -0.3 is 15.2 Å². The van der Waals surface area contributed by atoms with Gasteiger partial charge in [-0.15, -0.1) is 0 Å². The number of nitrogens with one attached hydrogen (secondary N) is 3. The van der Waals surface area contributed by atoms with E-state index in [-0.39, 0.29) is 24.3 Å². The van der Waals surface area contributed by atoms with Crippen LogP contribution in [0.2, 0.25) is 0 Å². The highest BCUT2D eigenvalue weighted by Gasteiger charge is 2.25. The van der Waals surface area contributed by atoms with Crippen LogP contribution in [-0.4, -0.2) is 38.7 Å². The lowest BCUT2D eigenvalue weighted by Gasteiger charge is -2.18. The number of rotatable bonds is 6. The first kappa shape index (κ1) is 17.1. The minimum Gasteiger partial charge on any atom is -0.356 e. The number of carbonyl (C=O) groups is 2. The van der Waals surface area contributed by atoms with Crippen molar-refractivity contribution < 1.29 is 14.1 Å². The molecule has 1 fully saturated rings. The van der Waals surface area contributed by atoms with Crippen LogP contribution in [0.15, 0.2) is 4.52 Å². The van der Waals surface area contributed by atoms with E-state index in [0.29, 0.717) is 37.5 Å². The number of aromatic nitrogens is 4. The van der Waals surface area contributed by atoms with Crippen molar-refractivity contribution in [2.24, 2.45) is 0 Å². The minimum atomic E-state index is -0.0863. The van der Waals surface area contributed by atoms with Crippen LogP contribution in [0.3, 0.4) is 0 Å². The smallest absolute Gasteiger partial charge is 0.246 e. The molecule has 0 aromatic carbocycles. The van der Waals surface area contributed by atoms with Crippen LogP contribution in [0.4, 0.5) is 0 Å². The number of hydrogen-bond acceptors (Lipinski definition) is 6. The maximum atomic E-state index is 12.0. The molecule has 2 aromatic rings. The molecule has 0 spiro atoms. The zero-order chi connectivity index (χ0) is 17.8. The van der Waals surface area contributed by atoms with E-state index in [1.807, 2.05) is 13.8 Å². The lowest BCUT2D eigenvalue weighted by molar-refractivity contribution is -0.123. The van der Waals surface area contributed by atoms with Gasteiger partial charge in [0.2, 0.25) is 17.7 Å². The van der Waals surface area contributed by atoms with Crippen molar-refractivity contribution in [1.82, 2.24) is 31.0 Å². The van der Waals surface area contributed by atoms with Crippen molar-refractivity contribution in [3.63, 3.8) is 0 Å². The molecule has 3 N–H and O–H groups in total. The van der Waals surface area contributed by atoms with E-state index in [1.165, 1.54) is 0 Å². The summed E-state index contributed by atoms with van der Waals surface area (Å²) in [5, 5.41) is 16.5. The van der Waals surface area contributed by atoms with Crippen LogP contribution in [0.5, 0.6) is 0 Å². The van der Waals surface area contributed by atoms with Crippen molar-refractivity contribution in [1.29, 1.82) is 0 Å². The summed E-state index contributed by atoms with van der Waals surface area (Å²) in [6.07, 6.45) is 2.16. The summed E-state index contributed by atoms with van der Waals surface area (Å²) < 4.78 is 5.17. The molecule has 0 bridgehead atoms. The number of aryl methyl sites for hydroxylation is 2. The van der Waals surface area contributed by atoms with Gasteiger partial charge in [0.15, 0.2) is 5.82 Å². The topological polar surface area (TPSA) is 126 Å². The second-order valence-electron chi connectivity index (χ2n) is 6.28. The van der Waals surface area contributed by atoms with Gasteiger partial charge in [-0.05, 0) is 32.3 Å². The second-order valence-corrected chi connectivity index (χ2v) is 6.28. The number of hydrogen-bond donors (Lipinski definition) is 3. The summed E-state index contributed by atoms with van der Waals surface area (Å²) in [4.78, 5) is 27.7. The SMILES string of the molecule is Cc1n[nH]c(C)c1CCC(=O)NCc1nc(C2CCNC(=O)C2)no1. The van der Waals surface area contributed by atoms with Crippen molar-refractivity contribution in [2.45, 2.75) is 52.0 Å². The highest BCUT2D eigenvalue weighted by molar-refractivity contribution is 5.77. The summed E-state index contributed by atoms with van der Waals surface area (Å²) in [7, 11) is 0. The fourth-order valence-electron chi connectivity index (χ4n) is 2.95. The average Bonchev–Trinajstić information content (AvgIpc) is 3.19. The molecule has 2 amide bonds. The van der Waals surface area contributed by atoms with Crippen LogP contribution < -0.4 is 10.6 Å². The highest BCUT2D eigenvalue weighted by atomic mass is 16.5. The Morgan fingerprint density at radius 3 is 2.96 bits per heavy atom. The average molecular weight is 346 g/mol. The maximum Gasteiger partial charge on any atom is 0.246 e. The Morgan fingerprint density at radius 2 is 2.24 bits per heavy atom. The largest absolute Gasteiger partial charge is 0.356 e. The van der Waals surface area contributed by atoms with E-state index >= 15 is 0 Å². The zero-order valence-electron chi connectivity index (χ0n) is 14.4. The molecule has 0 aliphatic carbocycles. The fourth-order valence-corrected chi connectivity index (χ4v) is 2.95. The summed E-state index contributed by atoms with van der Waals surface area (Å²) in [5.41, 5.74) is 2.98. The van der Waals surface area contributed by atoms with Gasteiger partial charge in [0.05, 0.1) is 12.2 Å². The molecule has 1 unspecified atom stereocenters. The predicted molar refractivity (Wildman–Crippen MR) is 87.5 cm³/mol. The van der Waals surface area contributed by atoms with E-state index in [1.54, 1.807) is 0 Å². The molecule has 25 heavy (non-hydrogen) atoms. The number of aromatic amines is 1. The van der Waals surface area contributed by atoms with Gasteiger partial charge >= 0.3 is 0 Å². The summed E-state index contributed by atoms with van der Waals surface area (Å²) in [6.45, 7) is 4.67. The van der Waals surface area contributed by atoms with Crippen LogP contribution in [0.25, 0.3) is 0 Å². The van der Waals surface area contributed by atoms with Crippen LogP contribution >= 0.6 is 0 Å². The van der Waals surface area contributed by atoms with E-state index < -0.39 is 0 Å². The maximum absolute atomic E-state index is 12.0. The van der Waals surface area contributed by atoms with Crippen molar-refractivity contribution in [2.75, 3.05) is 6.54 Å². The van der Waals surface area contributed by atoms with Gasteiger partial charge in [-0.2, -0.15) is 10.1 Å². The first-order chi connectivity index (χ1) is 12.0. The minimum absolute atomic E-state index is 0.000682. The van der Waals surface area contributed by atoms with E-state index in [9.17, 15) is 9.59 Å². The molecule has 9 nitrogen and oxygen atoms in total. The van der Waals surface area contributed by atoms with Crippen molar-refractivity contribution in [3.8, 4) is 0 Å².